The third-order valence-corrected chi connectivity index (χ3v) is 6.90. The van der Waals surface area contributed by atoms with Crippen molar-refractivity contribution in [2.24, 2.45) is 11.8 Å². The number of amides is 3. The molecule has 3 amide bonds. The second-order valence-corrected chi connectivity index (χ2v) is 11.3. The maximum atomic E-state index is 13.8. The van der Waals surface area contributed by atoms with Gasteiger partial charge in [0.2, 0.25) is 11.8 Å². The van der Waals surface area contributed by atoms with Crippen molar-refractivity contribution in [3.05, 3.63) is 0 Å². The van der Waals surface area contributed by atoms with Crippen LogP contribution in [-0.4, -0.2) is 77.5 Å². The van der Waals surface area contributed by atoms with E-state index in [1.54, 1.807) is 32.6 Å². The number of aliphatic hydroxyl groups excluding tert-OH is 1. The fourth-order valence-corrected chi connectivity index (χ4v) is 4.97. The molecule has 0 aromatic rings. The van der Waals surface area contributed by atoms with Gasteiger partial charge in [-0.2, -0.15) is 0 Å². The zero-order chi connectivity index (χ0) is 26.2. The second-order valence-electron chi connectivity index (χ2n) is 11.3. The number of nitrogens with zero attached hydrogens (tertiary/aromatic N) is 1. The van der Waals surface area contributed by atoms with Crippen molar-refractivity contribution >= 4 is 17.9 Å². The highest BCUT2D eigenvalue weighted by Gasteiger charge is 2.46. The SMILES string of the molecule is CC(C)C1CCN2C(=O)[C@@H](NC(=O)OC(C)(C)C)[C@H](C)OCCCCCCC[C@@H](CO)NC(=O)[C@H]12. The number of hydrogen-bond donors (Lipinski definition) is 3. The zero-order valence-corrected chi connectivity index (χ0v) is 22.5. The van der Waals surface area contributed by atoms with Gasteiger partial charge < -0.3 is 30.1 Å². The fraction of sp³-hybridized carbons (Fsp3) is 0.885. The number of ether oxygens (including phenoxy) is 2. The van der Waals surface area contributed by atoms with Crippen molar-refractivity contribution in [3.8, 4) is 0 Å². The Labute approximate surface area is 210 Å². The quantitative estimate of drug-likeness (QED) is 0.552. The molecule has 2 aliphatic heterocycles. The lowest BCUT2D eigenvalue weighted by Gasteiger charge is -2.34. The Bertz CT molecular complexity index is 708. The van der Waals surface area contributed by atoms with E-state index in [-0.39, 0.29) is 36.3 Å². The van der Waals surface area contributed by atoms with Gasteiger partial charge in [-0.25, -0.2) is 4.79 Å². The summed E-state index contributed by atoms with van der Waals surface area (Å²) in [6, 6.07) is -1.98. The van der Waals surface area contributed by atoms with E-state index in [1.807, 2.05) is 0 Å². The van der Waals surface area contributed by atoms with Crippen molar-refractivity contribution in [1.82, 2.24) is 15.5 Å². The first-order valence-electron chi connectivity index (χ1n) is 13.3. The molecule has 2 fully saturated rings. The molecule has 0 radical (unpaired) electrons. The monoisotopic (exact) mass is 497 g/mol. The third kappa shape index (κ3) is 8.94. The number of carbonyl (C=O) groups excluding carboxylic acids is 3. The topological polar surface area (TPSA) is 117 Å². The van der Waals surface area contributed by atoms with E-state index < -0.39 is 29.9 Å². The molecule has 9 nitrogen and oxygen atoms in total. The molecule has 202 valence electrons. The lowest BCUT2D eigenvalue weighted by Crippen LogP contribution is -2.59. The number of fused-ring (bicyclic) bond motifs is 1. The number of carbonyl (C=O) groups is 3. The molecule has 0 aromatic carbocycles. The van der Waals surface area contributed by atoms with Gasteiger partial charge in [0.25, 0.3) is 0 Å². The molecule has 35 heavy (non-hydrogen) atoms. The Hall–Kier alpha value is -1.87. The molecule has 3 N–H and O–H groups in total. The largest absolute Gasteiger partial charge is 0.444 e. The van der Waals surface area contributed by atoms with Crippen LogP contribution in [0.1, 0.15) is 86.5 Å². The molecule has 2 aliphatic rings. The first kappa shape index (κ1) is 29.4. The predicted octanol–water partition coefficient (Wildman–Crippen LogP) is 2.99. The summed E-state index contributed by atoms with van der Waals surface area (Å²) in [4.78, 5) is 41.5. The van der Waals surface area contributed by atoms with Gasteiger partial charge in [-0.3, -0.25) is 9.59 Å². The van der Waals surface area contributed by atoms with E-state index in [2.05, 4.69) is 24.5 Å². The Morgan fingerprint density at radius 2 is 1.83 bits per heavy atom. The third-order valence-electron chi connectivity index (χ3n) is 6.90. The molecule has 5 atom stereocenters. The van der Waals surface area contributed by atoms with Crippen LogP contribution in [0.5, 0.6) is 0 Å². The van der Waals surface area contributed by atoms with Gasteiger partial charge >= 0.3 is 6.09 Å². The number of nitrogens with one attached hydrogen (secondary N) is 2. The normalized spacial score (nSPS) is 30.1. The highest BCUT2D eigenvalue weighted by molar-refractivity contribution is 5.92. The van der Waals surface area contributed by atoms with E-state index in [1.165, 1.54) is 0 Å². The summed E-state index contributed by atoms with van der Waals surface area (Å²) < 4.78 is 11.4. The summed E-state index contributed by atoms with van der Waals surface area (Å²) in [6.45, 7) is 11.9. The smallest absolute Gasteiger partial charge is 0.408 e. The first-order chi connectivity index (χ1) is 16.4. The van der Waals surface area contributed by atoms with Gasteiger partial charge in [0.05, 0.1) is 18.8 Å². The summed E-state index contributed by atoms with van der Waals surface area (Å²) >= 11 is 0. The van der Waals surface area contributed by atoms with Crippen molar-refractivity contribution in [1.29, 1.82) is 0 Å². The van der Waals surface area contributed by atoms with E-state index >= 15 is 0 Å². The van der Waals surface area contributed by atoms with Crippen LogP contribution in [0.2, 0.25) is 0 Å². The summed E-state index contributed by atoms with van der Waals surface area (Å²) in [7, 11) is 0. The Morgan fingerprint density at radius 3 is 2.46 bits per heavy atom. The average molecular weight is 498 g/mol. The maximum Gasteiger partial charge on any atom is 0.408 e. The summed E-state index contributed by atoms with van der Waals surface area (Å²) in [5.41, 5.74) is -0.715. The minimum absolute atomic E-state index is 0.0180. The molecule has 2 saturated heterocycles. The molecule has 1 unspecified atom stereocenters. The lowest BCUT2D eigenvalue weighted by atomic mass is 9.88. The summed E-state index contributed by atoms with van der Waals surface area (Å²) in [6.07, 6.45) is 4.94. The molecule has 2 rings (SSSR count). The fourth-order valence-electron chi connectivity index (χ4n) is 4.97. The van der Waals surface area contributed by atoms with Gasteiger partial charge in [0.15, 0.2) is 0 Å². The number of hydrogen-bond acceptors (Lipinski definition) is 6. The van der Waals surface area contributed by atoms with E-state index in [9.17, 15) is 19.5 Å². The van der Waals surface area contributed by atoms with Gasteiger partial charge in [-0.1, -0.05) is 39.5 Å². The average Bonchev–Trinajstić information content (AvgIpc) is 3.21. The van der Waals surface area contributed by atoms with E-state index in [4.69, 9.17) is 9.47 Å². The summed E-state index contributed by atoms with van der Waals surface area (Å²) in [5.74, 6) is -0.423. The van der Waals surface area contributed by atoms with Gasteiger partial charge in [-0.15, -0.1) is 0 Å². The molecular formula is C26H47N3O6. The standard InChI is InChI=1S/C26H47N3O6/c1-17(2)20-13-14-29-22(20)23(31)27-19(16-30)12-10-8-7-9-11-15-34-18(3)21(24(29)32)28-25(33)35-26(4,5)6/h17-22,30H,7-16H2,1-6H3,(H,27,31)(H,28,33)/t18-,19-,20?,21-,22-/m0/s1. The van der Waals surface area contributed by atoms with Crippen LogP contribution in [0.4, 0.5) is 4.79 Å². The van der Waals surface area contributed by atoms with Crippen molar-refractivity contribution in [2.75, 3.05) is 19.8 Å². The van der Waals surface area contributed by atoms with Gasteiger partial charge in [0.1, 0.15) is 17.7 Å². The van der Waals surface area contributed by atoms with Crippen molar-refractivity contribution < 1.29 is 29.0 Å². The van der Waals surface area contributed by atoms with Gasteiger partial charge in [-0.05, 0) is 58.8 Å². The number of rotatable bonds is 3. The Balaban J connectivity index is 2.34. The van der Waals surface area contributed by atoms with Crippen LogP contribution in [0.25, 0.3) is 0 Å². The van der Waals surface area contributed by atoms with Crippen molar-refractivity contribution in [2.45, 2.75) is 116 Å². The molecular weight excluding hydrogens is 450 g/mol. The van der Waals surface area contributed by atoms with Crippen LogP contribution < -0.4 is 10.6 Å². The van der Waals surface area contributed by atoms with Crippen LogP contribution in [0.15, 0.2) is 0 Å². The molecule has 2 heterocycles. The Morgan fingerprint density at radius 1 is 1.17 bits per heavy atom. The Kier molecular flexibility index (Phi) is 11.3. The number of alkyl carbamates (subject to hydrolysis) is 1. The highest BCUT2D eigenvalue weighted by Crippen LogP contribution is 2.32. The molecule has 0 aliphatic carbocycles. The molecule has 0 bridgehead atoms. The predicted molar refractivity (Wildman–Crippen MR) is 134 cm³/mol. The van der Waals surface area contributed by atoms with Crippen molar-refractivity contribution in [3.63, 3.8) is 0 Å². The van der Waals surface area contributed by atoms with Crippen LogP contribution >= 0.6 is 0 Å². The van der Waals surface area contributed by atoms with Gasteiger partial charge in [0, 0.05) is 13.2 Å². The zero-order valence-electron chi connectivity index (χ0n) is 22.5. The molecule has 0 spiro atoms. The van der Waals surface area contributed by atoms with Crippen LogP contribution in [0, 0.1) is 11.8 Å². The molecule has 0 aromatic heterocycles. The minimum atomic E-state index is -0.979. The number of aliphatic hydroxyl groups is 1. The molecule has 9 heteroatoms. The minimum Gasteiger partial charge on any atom is -0.444 e. The van der Waals surface area contributed by atoms with Crippen LogP contribution in [0.3, 0.4) is 0 Å². The summed E-state index contributed by atoms with van der Waals surface area (Å²) in [5, 5.41) is 15.6. The lowest BCUT2D eigenvalue weighted by molar-refractivity contribution is -0.144. The van der Waals surface area contributed by atoms with Crippen LogP contribution in [-0.2, 0) is 19.1 Å². The van der Waals surface area contributed by atoms with E-state index in [0.29, 0.717) is 26.0 Å². The maximum absolute atomic E-state index is 13.8. The highest BCUT2D eigenvalue weighted by atomic mass is 16.6. The second kappa shape index (κ2) is 13.4. The van der Waals surface area contributed by atoms with E-state index in [0.717, 1.165) is 32.1 Å². The first-order valence-corrected chi connectivity index (χ1v) is 13.3. The molecule has 0 saturated carbocycles.